The van der Waals surface area contributed by atoms with Crippen LogP contribution < -0.4 is 0 Å². The van der Waals surface area contributed by atoms with Crippen molar-refractivity contribution < 1.29 is 18.0 Å². The molecule has 0 atom stereocenters. The van der Waals surface area contributed by atoms with E-state index in [0.29, 0.717) is 0 Å². The van der Waals surface area contributed by atoms with Gasteiger partial charge in [0.25, 0.3) is 5.91 Å². The molecule has 0 radical (unpaired) electrons. The molecule has 1 saturated carbocycles. The Morgan fingerprint density at radius 3 is 2.43 bits per heavy atom. The smallest absolute Gasteiger partial charge is 0.257 e. The topological polar surface area (TPSA) is 20.3 Å². The molecule has 0 N–H and O–H groups in total. The highest BCUT2D eigenvalue weighted by atomic mass is 35.5. The quantitative estimate of drug-likeness (QED) is 0.604. The lowest BCUT2D eigenvalue weighted by molar-refractivity contribution is 0.0643. The van der Waals surface area contributed by atoms with Crippen molar-refractivity contribution in [3.8, 4) is 0 Å². The normalized spacial score (nSPS) is 16.0. The number of rotatable bonds is 4. The van der Waals surface area contributed by atoms with Crippen molar-refractivity contribution in [3.05, 3.63) is 35.1 Å². The van der Waals surface area contributed by atoms with Crippen LogP contribution in [0.4, 0.5) is 13.2 Å². The molecule has 0 unspecified atom stereocenters. The molecule has 2 rings (SSSR count). The second kappa shape index (κ2) is 7.16. The molecule has 0 aromatic heterocycles. The molecule has 116 valence electrons. The summed E-state index contributed by atoms with van der Waals surface area (Å²) in [5.74, 6) is -4.76. The van der Waals surface area contributed by atoms with Crippen LogP contribution in [0.5, 0.6) is 0 Å². The second-order valence-corrected chi connectivity index (χ2v) is 5.58. The molecule has 0 aliphatic heterocycles. The Balaban J connectivity index is 2.27. The van der Waals surface area contributed by atoms with Gasteiger partial charge in [0.15, 0.2) is 17.5 Å². The van der Waals surface area contributed by atoms with Crippen LogP contribution in [0, 0.1) is 17.5 Å². The number of halogens is 4. The van der Waals surface area contributed by atoms with Gasteiger partial charge in [-0.2, -0.15) is 0 Å². The molecule has 0 saturated heterocycles. The van der Waals surface area contributed by atoms with Crippen molar-refractivity contribution >= 4 is 17.5 Å². The first kappa shape index (κ1) is 16.1. The van der Waals surface area contributed by atoms with Gasteiger partial charge in [0.05, 0.1) is 5.56 Å². The molecule has 1 aromatic carbocycles. The molecule has 0 bridgehead atoms. The maximum absolute atomic E-state index is 13.8. The van der Waals surface area contributed by atoms with E-state index in [9.17, 15) is 18.0 Å². The van der Waals surface area contributed by atoms with Crippen LogP contribution >= 0.6 is 11.6 Å². The van der Waals surface area contributed by atoms with Crippen LogP contribution in [0.25, 0.3) is 0 Å². The Labute approximate surface area is 126 Å². The minimum absolute atomic E-state index is 0.0162. The number of amides is 1. The number of hydrogen-bond donors (Lipinski definition) is 0. The molecule has 0 heterocycles. The number of carbonyl (C=O) groups excluding carboxylic acids is 1. The van der Waals surface area contributed by atoms with E-state index in [2.05, 4.69) is 0 Å². The zero-order valence-corrected chi connectivity index (χ0v) is 12.3. The molecule has 1 fully saturated rings. The zero-order valence-electron chi connectivity index (χ0n) is 11.5. The van der Waals surface area contributed by atoms with Crippen LogP contribution in [0.2, 0.25) is 0 Å². The average Bonchev–Trinajstić information content (AvgIpc) is 2.51. The lowest BCUT2D eigenvalue weighted by Crippen LogP contribution is -2.43. The Hall–Kier alpha value is -1.23. The van der Waals surface area contributed by atoms with Gasteiger partial charge in [0.1, 0.15) is 0 Å². The van der Waals surface area contributed by atoms with E-state index in [1.165, 1.54) is 4.90 Å². The van der Waals surface area contributed by atoms with E-state index in [1.54, 1.807) is 0 Å². The van der Waals surface area contributed by atoms with Gasteiger partial charge in [0.2, 0.25) is 0 Å². The molecular formula is C15H17ClF3NO. The SMILES string of the molecule is O=C(c1ccc(F)c(F)c1F)N(CCCl)C1CCCCC1. The van der Waals surface area contributed by atoms with Crippen molar-refractivity contribution in [2.75, 3.05) is 12.4 Å². The van der Waals surface area contributed by atoms with Crippen molar-refractivity contribution in [2.45, 2.75) is 38.1 Å². The number of benzene rings is 1. The summed E-state index contributed by atoms with van der Waals surface area (Å²) in [6, 6.07) is 1.74. The average molecular weight is 320 g/mol. The molecule has 21 heavy (non-hydrogen) atoms. The summed E-state index contributed by atoms with van der Waals surface area (Å²) in [7, 11) is 0. The van der Waals surface area contributed by atoms with Crippen LogP contribution in [-0.4, -0.2) is 29.3 Å². The molecule has 6 heteroatoms. The van der Waals surface area contributed by atoms with Crippen molar-refractivity contribution in [3.63, 3.8) is 0 Å². The first-order valence-corrected chi connectivity index (χ1v) is 7.60. The molecule has 1 aromatic rings. The molecule has 1 aliphatic carbocycles. The summed E-state index contributed by atoms with van der Waals surface area (Å²) in [6.45, 7) is 0.267. The third kappa shape index (κ3) is 3.51. The lowest BCUT2D eigenvalue weighted by atomic mass is 9.93. The minimum Gasteiger partial charge on any atom is -0.334 e. The number of carbonyl (C=O) groups is 1. The Morgan fingerprint density at radius 2 is 1.81 bits per heavy atom. The van der Waals surface area contributed by atoms with Crippen LogP contribution in [-0.2, 0) is 0 Å². The fourth-order valence-corrected chi connectivity index (χ4v) is 2.96. The van der Waals surface area contributed by atoms with E-state index in [0.717, 1.165) is 44.2 Å². The lowest BCUT2D eigenvalue weighted by Gasteiger charge is -2.34. The number of hydrogen-bond acceptors (Lipinski definition) is 1. The van der Waals surface area contributed by atoms with Gasteiger partial charge < -0.3 is 4.90 Å². The maximum atomic E-state index is 13.8. The highest BCUT2D eigenvalue weighted by Crippen LogP contribution is 2.25. The molecule has 1 aliphatic rings. The fourth-order valence-electron chi connectivity index (χ4n) is 2.78. The first-order valence-electron chi connectivity index (χ1n) is 7.06. The van der Waals surface area contributed by atoms with E-state index >= 15 is 0 Å². The van der Waals surface area contributed by atoms with Gasteiger partial charge in [-0.3, -0.25) is 4.79 Å². The highest BCUT2D eigenvalue weighted by Gasteiger charge is 2.29. The van der Waals surface area contributed by atoms with Gasteiger partial charge in [-0.25, -0.2) is 13.2 Å². The standard InChI is InChI=1S/C15H17ClF3NO/c16-8-9-20(10-4-2-1-3-5-10)15(21)11-6-7-12(17)14(19)13(11)18/h6-7,10H,1-5,8-9H2. The Morgan fingerprint density at radius 1 is 1.14 bits per heavy atom. The van der Waals surface area contributed by atoms with Gasteiger partial charge in [-0.1, -0.05) is 19.3 Å². The molecular weight excluding hydrogens is 303 g/mol. The van der Waals surface area contributed by atoms with Gasteiger partial charge >= 0.3 is 0 Å². The second-order valence-electron chi connectivity index (χ2n) is 5.20. The summed E-state index contributed by atoms with van der Waals surface area (Å²) >= 11 is 5.72. The highest BCUT2D eigenvalue weighted by molar-refractivity contribution is 6.18. The summed E-state index contributed by atoms with van der Waals surface area (Å²) in [5.41, 5.74) is -0.440. The van der Waals surface area contributed by atoms with Gasteiger partial charge in [-0.15, -0.1) is 11.6 Å². The third-order valence-electron chi connectivity index (χ3n) is 3.87. The Bertz CT molecular complexity index is 518. The summed E-state index contributed by atoms with van der Waals surface area (Å²) in [4.78, 5) is 13.9. The zero-order chi connectivity index (χ0) is 15.4. The van der Waals surface area contributed by atoms with Gasteiger partial charge in [0, 0.05) is 18.5 Å². The van der Waals surface area contributed by atoms with Crippen LogP contribution in [0.1, 0.15) is 42.5 Å². The van der Waals surface area contributed by atoms with Gasteiger partial charge in [-0.05, 0) is 25.0 Å². The molecule has 0 spiro atoms. The maximum Gasteiger partial charge on any atom is 0.257 e. The van der Waals surface area contributed by atoms with Crippen LogP contribution in [0.3, 0.4) is 0 Å². The van der Waals surface area contributed by atoms with E-state index in [-0.39, 0.29) is 18.5 Å². The Kier molecular flexibility index (Phi) is 5.51. The fraction of sp³-hybridized carbons (Fsp3) is 0.533. The van der Waals surface area contributed by atoms with E-state index < -0.39 is 28.9 Å². The largest absolute Gasteiger partial charge is 0.334 e. The van der Waals surface area contributed by atoms with Crippen molar-refractivity contribution in [1.29, 1.82) is 0 Å². The predicted octanol–water partition coefficient (Wildman–Crippen LogP) is 4.12. The predicted molar refractivity (Wildman–Crippen MR) is 74.9 cm³/mol. The number of alkyl halides is 1. The van der Waals surface area contributed by atoms with E-state index in [4.69, 9.17) is 11.6 Å². The monoisotopic (exact) mass is 319 g/mol. The molecule has 2 nitrogen and oxygen atoms in total. The third-order valence-corrected chi connectivity index (χ3v) is 4.04. The first-order chi connectivity index (χ1) is 10.1. The molecule has 1 amide bonds. The summed E-state index contributed by atoms with van der Waals surface area (Å²) in [5, 5.41) is 0. The number of nitrogens with zero attached hydrogens (tertiary/aromatic N) is 1. The summed E-state index contributed by atoms with van der Waals surface area (Å²) < 4.78 is 40.0. The summed E-state index contributed by atoms with van der Waals surface area (Å²) in [6.07, 6.45) is 4.76. The van der Waals surface area contributed by atoms with E-state index in [1.807, 2.05) is 0 Å². The van der Waals surface area contributed by atoms with Crippen molar-refractivity contribution in [1.82, 2.24) is 4.90 Å². The van der Waals surface area contributed by atoms with Crippen LogP contribution in [0.15, 0.2) is 12.1 Å². The minimum atomic E-state index is -1.62. The van der Waals surface area contributed by atoms with Crippen molar-refractivity contribution in [2.24, 2.45) is 0 Å².